The largest absolute Gasteiger partial charge is 0.493 e. The second kappa shape index (κ2) is 8.96. The van der Waals surface area contributed by atoms with Crippen molar-refractivity contribution >= 4 is 17.3 Å². The predicted molar refractivity (Wildman–Crippen MR) is 99.7 cm³/mol. The number of ether oxygens (including phenoxy) is 1. The summed E-state index contributed by atoms with van der Waals surface area (Å²) in [5.41, 5.74) is 1.83. The van der Waals surface area contributed by atoms with Gasteiger partial charge >= 0.3 is 0 Å². The molecule has 128 valence electrons. The fraction of sp³-hybridized carbons (Fsp3) is 0.350. The minimum atomic E-state index is -0.0310. The molecule has 0 aliphatic heterocycles. The van der Waals surface area contributed by atoms with Gasteiger partial charge < -0.3 is 15.0 Å². The Bertz CT molecular complexity index is 624. The number of nitrogens with zero attached hydrogens (tertiary/aromatic N) is 1. The Morgan fingerprint density at radius 2 is 1.75 bits per heavy atom. The summed E-state index contributed by atoms with van der Waals surface area (Å²) in [6.45, 7) is 8.06. The summed E-state index contributed by atoms with van der Waals surface area (Å²) < 4.78 is 5.65. The SMILES string of the molecule is CCN(CC(=O)Nc1ccc(OCC(C)C)cc1)c1ccccc1. The third-order valence-electron chi connectivity index (χ3n) is 3.56. The number of nitrogens with one attached hydrogen (secondary N) is 1. The number of anilines is 2. The average Bonchev–Trinajstić information content (AvgIpc) is 2.59. The quantitative estimate of drug-likeness (QED) is 0.791. The molecular weight excluding hydrogens is 300 g/mol. The molecule has 0 saturated carbocycles. The van der Waals surface area contributed by atoms with E-state index in [1.165, 1.54) is 0 Å². The molecule has 24 heavy (non-hydrogen) atoms. The molecule has 0 aliphatic rings. The molecule has 0 fully saturated rings. The van der Waals surface area contributed by atoms with Crippen molar-refractivity contribution in [3.8, 4) is 5.75 Å². The Kier molecular flexibility index (Phi) is 6.67. The molecule has 1 N–H and O–H groups in total. The van der Waals surface area contributed by atoms with Crippen molar-refractivity contribution < 1.29 is 9.53 Å². The minimum absolute atomic E-state index is 0.0310. The molecule has 0 unspecified atom stereocenters. The summed E-state index contributed by atoms with van der Waals surface area (Å²) in [7, 11) is 0. The van der Waals surface area contributed by atoms with E-state index in [9.17, 15) is 4.79 Å². The van der Waals surface area contributed by atoms with Gasteiger partial charge in [0.25, 0.3) is 0 Å². The molecule has 0 spiro atoms. The average molecular weight is 326 g/mol. The van der Waals surface area contributed by atoms with E-state index in [0.717, 1.165) is 23.7 Å². The maximum Gasteiger partial charge on any atom is 0.243 e. The van der Waals surface area contributed by atoms with Gasteiger partial charge in [0.15, 0.2) is 0 Å². The summed E-state index contributed by atoms with van der Waals surface area (Å²) >= 11 is 0. The summed E-state index contributed by atoms with van der Waals surface area (Å²) in [6.07, 6.45) is 0. The van der Waals surface area contributed by atoms with Crippen LogP contribution >= 0.6 is 0 Å². The van der Waals surface area contributed by atoms with Crippen molar-refractivity contribution in [2.75, 3.05) is 29.9 Å². The van der Waals surface area contributed by atoms with E-state index in [1.807, 2.05) is 66.4 Å². The first-order valence-electron chi connectivity index (χ1n) is 8.41. The van der Waals surface area contributed by atoms with E-state index in [1.54, 1.807) is 0 Å². The number of para-hydroxylation sites is 1. The van der Waals surface area contributed by atoms with Crippen LogP contribution < -0.4 is 15.0 Å². The molecule has 0 aliphatic carbocycles. The van der Waals surface area contributed by atoms with Crippen LogP contribution in [0.3, 0.4) is 0 Å². The first-order valence-corrected chi connectivity index (χ1v) is 8.41. The molecule has 0 aromatic heterocycles. The van der Waals surface area contributed by atoms with E-state index in [0.29, 0.717) is 19.1 Å². The Balaban J connectivity index is 1.89. The summed E-state index contributed by atoms with van der Waals surface area (Å²) in [4.78, 5) is 14.3. The van der Waals surface area contributed by atoms with Crippen molar-refractivity contribution in [2.45, 2.75) is 20.8 Å². The normalized spacial score (nSPS) is 10.5. The molecule has 2 aromatic rings. The van der Waals surface area contributed by atoms with E-state index in [2.05, 4.69) is 19.2 Å². The fourth-order valence-electron chi connectivity index (χ4n) is 2.30. The predicted octanol–water partition coefficient (Wildman–Crippen LogP) is 4.19. The Morgan fingerprint density at radius 3 is 2.33 bits per heavy atom. The molecule has 4 nitrogen and oxygen atoms in total. The third-order valence-corrected chi connectivity index (χ3v) is 3.56. The Labute approximate surface area is 144 Å². The van der Waals surface area contributed by atoms with Gasteiger partial charge in [-0.3, -0.25) is 4.79 Å². The lowest BCUT2D eigenvalue weighted by atomic mass is 10.2. The van der Waals surface area contributed by atoms with E-state index in [4.69, 9.17) is 4.74 Å². The maximum absolute atomic E-state index is 12.3. The molecular formula is C20H26N2O2. The van der Waals surface area contributed by atoms with Crippen LogP contribution in [0.15, 0.2) is 54.6 Å². The van der Waals surface area contributed by atoms with Crippen LogP contribution in [0.1, 0.15) is 20.8 Å². The number of carbonyl (C=O) groups excluding carboxylic acids is 1. The summed E-state index contributed by atoms with van der Waals surface area (Å²) in [5.74, 6) is 1.28. The number of rotatable bonds is 8. The second-order valence-electron chi connectivity index (χ2n) is 6.13. The molecule has 2 rings (SSSR count). The zero-order valence-corrected chi connectivity index (χ0v) is 14.7. The first-order chi connectivity index (χ1) is 11.6. The van der Waals surface area contributed by atoms with Crippen LogP contribution in [-0.4, -0.2) is 25.6 Å². The molecule has 0 radical (unpaired) electrons. The molecule has 4 heteroatoms. The molecule has 2 aromatic carbocycles. The number of hydrogen-bond donors (Lipinski definition) is 1. The molecule has 0 saturated heterocycles. The summed E-state index contributed by atoms with van der Waals surface area (Å²) in [5, 5.41) is 2.93. The zero-order valence-electron chi connectivity index (χ0n) is 14.7. The van der Waals surface area contributed by atoms with Gasteiger partial charge in [-0.05, 0) is 49.2 Å². The molecule has 0 heterocycles. The van der Waals surface area contributed by atoms with Crippen molar-refractivity contribution in [3.05, 3.63) is 54.6 Å². The van der Waals surface area contributed by atoms with Crippen molar-refractivity contribution in [1.82, 2.24) is 0 Å². The van der Waals surface area contributed by atoms with Gasteiger partial charge in [0.1, 0.15) is 5.75 Å². The van der Waals surface area contributed by atoms with Gasteiger partial charge in [0.2, 0.25) is 5.91 Å². The monoisotopic (exact) mass is 326 g/mol. The van der Waals surface area contributed by atoms with Crippen molar-refractivity contribution in [1.29, 1.82) is 0 Å². The highest BCUT2D eigenvalue weighted by Gasteiger charge is 2.10. The Hall–Kier alpha value is -2.49. The second-order valence-corrected chi connectivity index (χ2v) is 6.13. The number of likely N-dealkylation sites (N-methyl/N-ethyl adjacent to an activating group) is 1. The van der Waals surface area contributed by atoms with Gasteiger partial charge in [-0.25, -0.2) is 0 Å². The minimum Gasteiger partial charge on any atom is -0.493 e. The Morgan fingerprint density at radius 1 is 1.08 bits per heavy atom. The maximum atomic E-state index is 12.3. The van der Waals surface area contributed by atoms with Gasteiger partial charge in [0.05, 0.1) is 13.2 Å². The molecule has 1 amide bonds. The van der Waals surface area contributed by atoms with Gasteiger partial charge in [0, 0.05) is 17.9 Å². The number of amides is 1. The van der Waals surface area contributed by atoms with Crippen molar-refractivity contribution in [3.63, 3.8) is 0 Å². The van der Waals surface area contributed by atoms with Crippen LogP contribution in [0.5, 0.6) is 5.75 Å². The lowest BCUT2D eigenvalue weighted by Gasteiger charge is -2.22. The van der Waals surface area contributed by atoms with E-state index < -0.39 is 0 Å². The topological polar surface area (TPSA) is 41.6 Å². The van der Waals surface area contributed by atoms with Crippen LogP contribution in [0.25, 0.3) is 0 Å². The highest BCUT2D eigenvalue weighted by atomic mass is 16.5. The smallest absolute Gasteiger partial charge is 0.243 e. The third kappa shape index (κ3) is 5.61. The number of benzene rings is 2. The lowest BCUT2D eigenvalue weighted by molar-refractivity contribution is -0.115. The van der Waals surface area contributed by atoms with E-state index in [-0.39, 0.29) is 5.91 Å². The van der Waals surface area contributed by atoms with Gasteiger partial charge in [-0.2, -0.15) is 0 Å². The van der Waals surface area contributed by atoms with Gasteiger partial charge in [-0.1, -0.05) is 32.0 Å². The van der Waals surface area contributed by atoms with Crippen LogP contribution in [0.4, 0.5) is 11.4 Å². The summed E-state index contributed by atoms with van der Waals surface area (Å²) in [6, 6.07) is 17.4. The zero-order chi connectivity index (χ0) is 17.4. The van der Waals surface area contributed by atoms with Crippen LogP contribution in [-0.2, 0) is 4.79 Å². The van der Waals surface area contributed by atoms with Crippen LogP contribution in [0.2, 0.25) is 0 Å². The standard InChI is InChI=1S/C20H26N2O2/c1-4-22(18-8-6-5-7-9-18)14-20(23)21-17-10-12-19(13-11-17)24-15-16(2)3/h5-13,16H,4,14-15H2,1-3H3,(H,21,23). The lowest BCUT2D eigenvalue weighted by Crippen LogP contribution is -2.33. The van der Waals surface area contributed by atoms with E-state index >= 15 is 0 Å². The molecule has 0 atom stereocenters. The van der Waals surface area contributed by atoms with Gasteiger partial charge in [-0.15, -0.1) is 0 Å². The highest BCUT2D eigenvalue weighted by molar-refractivity contribution is 5.94. The van der Waals surface area contributed by atoms with Crippen LogP contribution in [0, 0.1) is 5.92 Å². The van der Waals surface area contributed by atoms with Crippen molar-refractivity contribution in [2.24, 2.45) is 5.92 Å². The fourth-order valence-corrected chi connectivity index (χ4v) is 2.30. The molecule has 0 bridgehead atoms. The number of carbonyl (C=O) groups is 1. The number of hydrogen-bond acceptors (Lipinski definition) is 3. The first kappa shape index (κ1) is 17.9. The highest BCUT2D eigenvalue weighted by Crippen LogP contribution is 2.17.